The minimum atomic E-state index is -0.508. The molecule has 0 aromatic heterocycles. The molecule has 8 nitrogen and oxygen atoms in total. The van der Waals surface area contributed by atoms with Crippen molar-refractivity contribution in [1.82, 2.24) is 5.32 Å². The number of nitrogens with one attached hydrogen (secondary N) is 2. The second kappa shape index (κ2) is 11.2. The number of rotatable bonds is 8. The van der Waals surface area contributed by atoms with E-state index in [1.54, 1.807) is 19.2 Å². The average molecular weight is 506 g/mol. The third kappa shape index (κ3) is 5.85. The summed E-state index contributed by atoms with van der Waals surface area (Å²) in [6.07, 6.45) is 1.83. The summed E-state index contributed by atoms with van der Waals surface area (Å²) < 4.78 is 9.95. The molecule has 0 bridgehead atoms. The summed E-state index contributed by atoms with van der Waals surface area (Å²) in [7, 11) is 2.98. The van der Waals surface area contributed by atoms with Crippen molar-refractivity contribution in [2.75, 3.05) is 44.1 Å². The average Bonchev–Trinajstić information content (AvgIpc) is 3.00. The van der Waals surface area contributed by atoms with Crippen LogP contribution in [0.3, 0.4) is 0 Å². The van der Waals surface area contributed by atoms with Crippen molar-refractivity contribution in [1.29, 1.82) is 0 Å². The van der Waals surface area contributed by atoms with Gasteiger partial charge in [-0.25, -0.2) is 4.79 Å². The van der Waals surface area contributed by atoms with Gasteiger partial charge >= 0.3 is 5.97 Å². The van der Waals surface area contributed by atoms with E-state index in [2.05, 4.69) is 24.5 Å². The Kier molecular flexibility index (Phi) is 7.97. The Labute approximate surface area is 218 Å². The zero-order valence-corrected chi connectivity index (χ0v) is 21.9. The maximum absolute atomic E-state index is 13.7. The number of para-hydroxylation sites is 2. The van der Waals surface area contributed by atoms with Crippen LogP contribution in [-0.2, 0) is 19.1 Å². The number of methoxy groups -OCH3 is 2. The van der Waals surface area contributed by atoms with E-state index in [1.807, 2.05) is 41.3 Å². The van der Waals surface area contributed by atoms with Gasteiger partial charge in [-0.2, -0.15) is 0 Å². The van der Waals surface area contributed by atoms with Crippen LogP contribution in [0.15, 0.2) is 59.8 Å². The Morgan fingerprint density at radius 2 is 1.81 bits per heavy atom. The van der Waals surface area contributed by atoms with Crippen LogP contribution in [0.5, 0.6) is 0 Å². The van der Waals surface area contributed by atoms with Crippen molar-refractivity contribution < 1.29 is 23.9 Å². The molecule has 1 unspecified atom stereocenters. The van der Waals surface area contributed by atoms with E-state index in [9.17, 15) is 14.4 Å². The molecular weight excluding hydrogens is 470 g/mol. The number of hydrogen-bond acceptors (Lipinski definition) is 7. The van der Waals surface area contributed by atoms with E-state index in [0.29, 0.717) is 43.6 Å². The number of fused-ring (bicyclic) bond motifs is 1. The zero-order chi connectivity index (χ0) is 26.6. The number of allylic oxidation sites excluding steroid dienone is 1. The van der Waals surface area contributed by atoms with Crippen LogP contribution in [0.4, 0.5) is 11.4 Å². The van der Waals surface area contributed by atoms with Crippen LogP contribution in [0, 0.1) is 5.41 Å². The number of amides is 1. The molecule has 1 atom stereocenters. The van der Waals surface area contributed by atoms with Gasteiger partial charge in [0, 0.05) is 38.0 Å². The molecule has 1 aliphatic carbocycles. The van der Waals surface area contributed by atoms with Crippen molar-refractivity contribution in [2.45, 2.75) is 39.2 Å². The summed E-state index contributed by atoms with van der Waals surface area (Å²) in [4.78, 5) is 40.9. The van der Waals surface area contributed by atoms with Gasteiger partial charge in [0.15, 0.2) is 5.78 Å². The van der Waals surface area contributed by atoms with Gasteiger partial charge in [-0.05, 0) is 48.1 Å². The Morgan fingerprint density at radius 3 is 2.51 bits per heavy atom. The maximum atomic E-state index is 13.7. The largest absolute Gasteiger partial charge is 0.465 e. The van der Waals surface area contributed by atoms with Crippen LogP contribution < -0.4 is 15.5 Å². The molecule has 2 aromatic rings. The molecule has 1 aliphatic heterocycles. The number of carbonyl (C=O) groups is 3. The normalized spacial score (nSPS) is 18.3. The number of nitrogens with zero attached hydrogens (tertiary/aromatic N) is 1. The molecule has 4 rings (SSSR count). The number of anilines is 2. The lowest BCUT2D eigenvalue weighted by molar-refractivity contribution is -0.120. The molecular formula is C29H35N3O5. The lowest BCUT2D eigenvalue weighted by Crippen LogP contribution is -2.42. The Balaban J connectivity index is 1.81. The number of carbonyl (C=O) groups excluding carboxylic acids is 3. The summed E-state index contributed by atoms with van der Waals surface area (Å²) in [5, 5.41) is 6.52. The smallest absolute Gasteiger partial charge is 0.337 e. The Bertz CT molecular complexity index is 1200. The first kappa shape index (κ1) is 26.4. The van der Waals surface area contributed by atoms with Crippen LogP contribution in [-0.4, -0.2) is 51.6 Å². The second-order valence-electron chi connectivity index (χ2n) is 10.3. The van der Waals surface area contributed by atoms with Crippen LogP contribution >= 0.6 is 0 Å². The molecule has 0 saturated carbocycles. The first-order valence-corrected chi connectivity index (χ1v) is 12.6. The molecule has 37 heavy (non-hydrogen) atoms. The van der Waals surface area contributed by atoms with E-state index >= 15 is 0 Å². The van der Waals surface area contributed by atoms with Crippen molar-refractivity contribution >= 4 is 29.0 Å². The predicted molar refractivity (Wildman–Crippen MR) is 142 cm³/mol. The minimum absolute atomic E-state index is 0.0547. The van der Waals surface area contributed by atoms with Gasteiger partial charge in [-0.15, -0.1) is 0 Å². The Hall–Kier alpha value is -3.65. The predicted octanol–water partition coefficient (Wildman–Crippen LogP) is 4.24. The number of benzene rings is 2. The fourth-order valence-electron chi connectivity index (χ4n) is 5.15. The van der Waals surface area contributed by atoms with Gasteiger partial charge in [0.2, 0.25) is 5.91 Å². The van der Waals surface area contributed by atoms with E-state index in [1.165, 1.54) is 7.11 Å². The molecule has 0 saturated heterocycles. The highest BCUT2D eigenvalue weighted by Gasteiger charge is 2.41. The fraction of sp³-hybridized carbons (Fsp3) is 0.414. The molecule has 0 fully saturated rings. The molecule has 2 aliphatic rings. The van der Waals surface area contributed by atoms with Gasteiger partial charge in [-0.3, -0.25) is 9.59 Å². The molecule has 1 heterocycles. The quantitative estimate of drug-likeness (QED) is 0.409. The number of esters is 1. The molecule has 2 N–H and O–H groups in total. The van der Waals surface area contributed by atoms with Gasteiger partial charge < -0.3 is 25.0 Å². The molecule has 1 amide bonds. The third-order valence-corrected chi connectivity index (χ3v) is 6.81. The standard InChI is InChI=1S/C29H35N3O5/c1-29(2)16-22-26(24(33)17-29)27(19-10-12-20(13-11-19)28(35)37-4)32(18-25(34)30-14-7-15-36-3)23-9-6-5-8-21(23)31-22/h5-6,8-13,27,31H,7,14-18H2,1-4H3,(H,30,34). The lowest BCUT2D eigenvalue weighted by atomic mass is 9.73. The number of Topliss-reactive ketones (excluding diaryl/α,β-unsaturated/α-hetero) is 1. The Morgan fingerprint density at radius 1 is 1.08 bits per heavy atom. The fourth-order valence-corrected chi connectivity index (χ4v) is 5.15. The molecule has 0 radical (unpaired) electrons. The first-order valence-electron chi connectivity index (χ1n) is 12.6. The highest BCUT2D eigenvalue weighted by molar-refractivity contribution is 6.02. The van der Waals surface area contributed by atoms with E-state index in [0.717, 1.165) is 22.6 Å². The topological polar surface area (TPSA) is 97.0 Å². The van der Waals surface area contributed by atoms with Crippen molar-refractivity contribution in [3.63, 3.8) is 0 Å². The monoisotopic (exact) mass is 505 g/mol. The zero-order valence-electron chi connectivity index (χ0n) is 21.9. The lowest BCUT2D eigenvalue weighted by Gasteiger charge is -2.38. The summed E-state index contributed by atoms with van der Waals surface area (Å²) in [5.41, 5.74) is 4.26. The first-order chi connectivity index (χ1) is 17.7. The number of hydrogen-bond donors (Lipinski definition) is 2. The van der Waals surface area contributed by atoms with Crippen molar-refractivity contribution in [3.8, 4) is 0 Å². The minimum Gasteiger partial charge on any atom is -0.465 e. The van der Waals surface area contributed by atoms with Gasteiger partial charge in [-0.1, -0.05) is 38.1 Å². The second-order valence-corrected chi connectivity index (χ2v) is 10.3. The van der Waals surface area contributed by atoms with E-state index < -0.39 is 12.0 Å². The SMILES string of the molecule is COCCCNC(=O)CN1c2ccccc2NC2=C(C(=O)CC(C)(C)C2)C1c1ccc(C(=O)OC)cc1. The van der Waals surface area contributed by atoms with E-state index in [4.69, 9.17) is 9.47 Å². The molecule has 8 heteroatoms. The highest BCUT2D eigenvalue weighted by Crippen LogP contribution is 2.48. The summed E-state index contributed by atoms with van der Waals surface area (Å²) in [5.74, 6) is -0.518. The molecule has 196 valence electrons. The maximum Gasteiger partial charge on any atom is 0.337 e. The van der Waals surface area contributed by atoms with Gasteiger partial charge in [0.05, 0.1) is 36.6 Å². The van der Waals surface area contributed by atoms with Gasteiger partial charge in [0.1, 0.15) is 0 Å². The highest BCUT2D eigenvalue weighted by atomic mass is 16.5. The van der Waals surface area contributed by atoms with Crippen molar-refractivity contribution in [2.24, 2.45) is 5.41 Å². The third-order valence-electron chi connectivity index (χ3n) is 6.81. The number of ether oxygens (including phenoxy) is 2. The molecule has 2 aromatic carbocycles. The van der Waals surface area contributed by atoms with Crippen LogP contribution in [0.25, 0.3) is 0 Å². The van der Waals surface area contributed by atoms with Crippen LogP contribution in [0.2, 0.25) is 0 Å². The van der Waals surface area contributed by atoms with Crippen molar-refractivity contribution in [3.05, 3.63) is 70.9 Å². The summed E-state index contributed by atoms with van der Waals surface area (Å²) >= 11 is 0. The van der Waals surface area contributed by atoms with Crippen LogP contribution in [0.1, 0.15) is 55.1 Å². The molecule has 0 spiro atoms. The summed E-state index contributed by atoms with van der Waals surface area (Å²) in [6, 6.07) is 14.4. The van der Waals surface area contributed by atoms with Gasteiger partial charge in [0.25, 0.3) is 0 Å². The summed E-state index contributed by atoms with van der Waals surface area (Å²) in [6.45, 7) is 5.31. The van der Waals surface area contributed by atoms with E-state index in [-0.39, 0.29) is 23.7 Å². The number of ketones is 1.